The molecule has 0 fully saturated rings. The van der Waals surface area contributed by atoms with E-state index in [4.69, 9.17) is 15.3 Å². The number of aromatic nitrogens is 2. The number of carbonyl (C=O) groups is 1. The molecular formula is C16H17Br2N5O4. The van der Waals surface area contributed by atoms with Gasteiger partial charge in [-0.05, 0) is 44.0 Å². The van der Waals surface area contributed by atoms with Gasteiger partial charge in [0.1, 0.15) is 17.6 Å². The smallest absolute Gasteiger partial charge is 0.269 e. The van der Waals surface area contributed by atoms with Crippen LogP contribution in [0, 0.1) is 0 Å². The third-order valence-electron chi connectivity index (χ3n) is 4.04. The number of carbonyl (C=O) groups excluding carboxylic acids is 1. The van der Waals surface area contributed by atoms with Crippen molar-refractivity contribution in [3.63, 3.8) is 0 Å². The van der Waals surface area contributed by atoms with Gasteiger partial charge in [-0.3, -0.25) is 4.79 Å². The monoisotopic (exact) mass is 501 g/mol. The van der Waals surface area contributed by atoms with E-state index in [-0.39, 0.29) is 24.6 Å². The largest absolute Gasteiger partial charge is 0.495 e. The standard InChI is InChI=1S/C16H17Br2N5O4/c1-26-12-9(17)5-16(13(24)11(12)18)6-10(23-27-16)14(25)20-4-2-3-8-7-21-15(19)22-8/h2-3,5,7,13,24H,4,6H2,1H3,(H,20,25)(H3,19,21,22)/b3-2+/t13-,16?/m0/s1. The quantitative estimate of drug-likeness (QED) is 0.482. The molecule has 1 aliphatic heterocycles. The van der Waals surface area contributed by atoms with Gasteiger partial charge in [-0.2, -0.15) is 0 Å². The maximum Gasteiger partial charge on any atom is 0.269 e. The van der Waals surface area contributed by atoms with Gasteiger partial charge >= 0.3 is 0 Å². The molecule has 1 spiro atoms. The maximum atomic E-state index is 12.3. The lowest BCUT2D eigenvalue weighted by molar-refractivity contribution is -0.114. The third-order valence-corrected chi connectivity index (χ3v) is 5.42. The van der Waals surface area contributed by atoms with Gasteiger partial charge in [0.25, 0.3) is 5.91 Å². The summed E-state index contributed by atoms with van der Waals surface area (Å²) in [6.07, 6.45) is 5.77. The number of hydrogen-bond donors (Lipinski definition) is 4. The minimum Gasteiger partial charge on any atom is -0.495 e. The molecule has 2 atom stereocenters. The molecule has 11 heteroatoms. The van der Waals surface area contributed by atoms with Crippen molar-refractivity contribution in [2.24, 2.45) is 5.16 Å². The number of ether oxygens (including phenoxy) is 1. The van der Waals surface area contributed by atoms with Crippen LogP contribution < -0.4 is 11.1 Å². The van der Waals surface area contributed by atoms with E-state index in [1.54, 1.807) is 24.4 Å². The Balaban J connectivity index is 1.59. The van der Waals surface area contributed by atoms with Crippen LogP contribution in [0.3, 0.4) is 0 Å². The minimum atomic E-state index is -1.17. The fraction of sp³-hybridized carbons (Fsp3) is 0.312. The summed E-state index contributed by atoms with van der Waals surface area (Å²) in [7, 11) is 1.49. The van der Waals surface area contributed by atoms with Crippen molar-refractivity contribution < 1.29 is 19.5 Å². The van der Waals surface area contributed by atoms with Crippen molar-refractivity contribution in [1.29, 1.82) is 0 Å². The third kappa shape index (κ3) is 3.94. The highest BCUT2D eigenvalue weighted by Crippen LogP contribution is 2.43. The molecule has 3 rings (SSSR count). The molecule has 0 bridgehead atoms. The Labute approximate surface area is 171 Å². The number of aromatic amines is 1. The fourth-order valence-corrected chi connectivity index (χ4v) is 4.49. The number of methoxy groups -OCH3 is 1. The minimum absolute atomic E-state index is 0.113. The second kappa shape index (κ2) is 7.87. The number of nitrogens with two attached hydrogens (primary N) is 1. The van der Waals surface area contributed by atoms with Gasteiger partial charge in [0, 0.05) is 13.0 Å². The van der Waals surface area contributed by atoms with Crippen molar-refractivity contribution in [1.82, 2.24) is 15.3 Å². The highest BCUT2D eigenvalue weighted by atomic mass is 79.9. The number of halogens is 2. The van der Waals surface area contributed by atoms with Crippen molar-refractivity contribution in [2.45, 2.75) is 18.1 Å². The molecule has 0 aromatic carbocycles. The van der Waals surface area contributed by atoms with Crippen LogP contribution in [0.4, 0.5) is 5.95 Å². The van der Waals surface area contributed by atoms with Crippen LogP contribution in [-0.4, -0.2) is 52.1 Å². The number of imidazole rings is 1. The Kier molecular flexibility index (Phi) is 5.72. The predicted octanol–water partition coefficient (Wildman–Crippen LogP) is 1.54. The lowest BCUT2D eigenvalue weighted by Gasteiger charge is -2.33. The van der Waals surface area contributed by atoms with Gasteiger partial charge < -0.3 is 30.7 Å². The van der Waals surface area contributed by atoms with Crippen molar-refractivity contribution in [3.8, 4) is 0 Å². The van der Waals surface area contributed by atoms with E-state index < -0.39 is 11.7 Å². The van der Waals surface area contributed by atoms with Gasteiger partial charge in [0.05, 0.1) is 28.0 Å². The molecular weight excluding hydrogens is 486 g/mol. The molecule has 27 heavy (non-hydrogen) atoms. The van der Waals surface area contributed by atoms with Gasteiger partial charge in [-0.1, -0.05) is 11.2 Å². The number of aliphatic hydroxyl groups excluding tert-OH is 1. The van der Waals surface area contributed by atoms with E-state index in [9.17, 15) is 9.90 Å². The average molecular weight is 503 g/mol. The van der Waals surface area contributed by atoms with Gasteiger partial charge in [-0.15, -0.1) is 0 Å². The molecule has 9 nitrogen and oxygen atoms in total. The normalized spacial score (nSPS) is 24.8. The van der Waals surface area contributed by atoms with E-state index in [0.717, 1.165) is 5.69 Å². The first-order valence-electron chi connectivity index (χ1n) is 7.87. The van der Waals surface area contributed by atoms with Crippen molar-refractivity contribution in [2.75, 3.05) is 19.4 Å². The van der Waals surface area contributed by atoms with Crippen LogP contribution in [0.15, 0.2) is 38.2 Å². The highest BCUT2D eigenvalue weighted by molar-refractivity contribution is 9.12. The van der Waals surface area contributed by atoms with Crippen LogP contribution in [0.5, 0.6) is 0 Å². The van der Waals surface area contributed by atoms with Gasteiger partial charge in [0.15, 0.2) is 11.5 Å². The number of nitrogens with one attached hydrogen (secondary N) is 2. The average Bonchev–Trinajstić information content (AvgIpc) is 3.24. The summed E-state index contributed by atoms with van der Waals surface area (Å²) in [4.78, 5) is 24.5. The Morgan fingerprint density at radius 3 is 3.07 bits per heavy atom. The number of nitrogen functional groups attached to an aromatic ring is 1. The van der Waals surface area contributed by atoms with E-state index >= 15 is 0 Å². The molecule has 1 aromatic heterocycles. The Hall–Kier alpha value is -2.11. The summed E-state index contributed by atoms with van der Waals surface area (Å²) in [5.74, 6) is 0.401. The van der Waals surface area contributed by atoms with E-state index in [1.807, 2.05) is 0 Å². The topological polar surface area (TPSA) is 135 Å². The number of allylic oxidation sites excluding steroid dienone is 1. The summed E-state index contributed by atoms with van der Waals surface area (Å²) in [6.45, 7) is 0.281. The van der Waals surface area contributed by atoms with Crippen LogP contribution in [-0.2, 0) is 14.4 Å². The first kappa shape index (κ1) is 19.6. The Morgan fingerprint density at radius 2 is 2.41 bits per heavy atom. The predicted molar refractivity (Wildman–Crippen MR) is 107 cm³/mol. The molecule has 144 valence electrons. The van der Waals surface area contributed by atoms with E-state index in [2.05, 4.69) is 52.3 Å². The molecule has 2 aliphatic rings. The number of oxime groups is 1. The zero-order valence-corrected chi connectivity index (χ0v) is 17.4. The summed E-state index contributed by atoms with van der Waals surface area (Å²) >= 11 is 6.69. The summed E-state index contributed by atoms with van der Waals surface area (Å²) in [6, 6.07) is 0. The molecule has 0 saturated heterocycles. The number of nitrogens with zero attached hydrogens (tertiary/aromatic N) is 2. The zero-order chi connectivity index (χ0) is 19.6. The van der Waals surface area contributed by atoms with Crippen LogP contribution in [0.1, 0.15) is 12.1 Å². The second-order valence-electron chi connectivity index (χ2n) is 5.87. The van der Waals surface area contributed by atoms with Crippen molar-refractivity contribution >= 4 is 55.5 Å². The molecule has 0 radical (unpaired) electrons. The van der Waals surface area contributed by atoms with Crippen LogP contribution in [0.2, 0.25) is 0 Å². The summed E-state index contributed by atoms with van der Waals surface area (Å²) < 4.78 is 6.24. The molecule has 0 saturated carbocycles. The lowest BCUT2D eigenvalue weighted by atomic mass is 9.87. The Morgan fingerprint density at radius 1 is 1.63 bits per heavy atom. The second-order valence-corrected chi connectivity index (χ2v) is 7.58. The summed E-state index contributed by atoms with van der Waals surface area (Å²) in [5, 5.41) is 17.2. The molecule has 1 aliphatic carbocycles. The zero-order valence-electron chi connectivity index (χ0n) is 14.2. The highest BCUT2D eigenvalue weighted by Gasteiger charge is 2.50. The van der Waals surface area contributed by atoms with Gasteiger partial charge in [-0.25, -0.2) is 4.98 Å². The molecule has 1 amide bonds. The molecule has 2 heterocycles. The number of amides is 1. The number of H-pyrrole nitrogens is 1. The molecule has 1 aromatic rings. The van der Waals surface area contributed by atoms with E-state index in [0.29, 0.717) is 20.7 Å². The number of hydrogen-bond acceptors (Lipinski definition) is 7. The van der Waals surface area contributed by atoms with E-state index in [1.165, 1.54) is 7.11 Å². The summed E-state index contributed by atoms with van der Waals surface area (Å²) in [5.41, 5.74) is 5.23. The SMILES string of the molecule is COC1=C(Br)[C@H](O)C2(C=C1Br)CC(C(=O)NC/C=C/c1cnc(N)[nH]1)=NO2. The number of aliphatic hydroxyl groups is 1. The van der Waals surface area contributed by atoms with Crippen molar-refractivity contribution in [3.05, 3.63) is 38.8 Å². The first-order chi connectivity index (χ1) is 12.9. The first-order valence-corrected chi connectivity index (χ1v) is 9.45. The fourth-order valence-electron chi connectivity index (χ4n) is 2.69. The number of anilines is 1. The molecule has 5 N–H and O–H groups in total. The maximum absolute atomic E-state index is 12.3. The molecule has 1 unspecified atom stereocenters. The number of rotatable bonds is 5. The van der Waals surface area contributed by atoms with Crippen LogP contribution >= 0.6 is 31.9 Å². The van der Waals surface area contributed by atoms with Gasteiger partial charge in [0.2, 0.25) is 0 Å². The lowest BCUT2D eigenvalue weighted by Crippen LogP contribution is -2.45. The van der Waals surface area contributed by atoms with Crippen LogP contribution in [0.25, 0.3) is 6.08 Å². The Bertz CT molecular complexity index is 876.